The zero-order valence-corrected chi connectivity index (χ0v) is 21.7. The smallest absolute Gasteiger partial charge is 0.127 e. The third kappa shape index (κ3) is 5.08. The highest BCUT2D eigenvalue weighted by Gasteiger charge is 2.15. The van der Waals surface area contributed by atoms with Crippen LogP contribution in [0.25, 0.3) is 11.1 Å². The fourth-order valence-corrected chi connectivity index (χ4v) is 4.63. The quantitative estimate of drug-likeness (QED) is 0.286. The molecule has 0 saturated carbocycles. The van der Waals surface area contributed by atoms with Crippen molar-refractivity contribution in [3.63, 3.8) is 0 Å². The van der Waals surface area contributed by atoms with Crippen LogP contribution < -0.4 is 0 Å². The summed E-state index contributed by atoms with van der Waals surface area (Å²) in [5, 5.41) is 21.1. The molecule has 0 spiro atoms. The lowest BCUT2D eigenvalue weighted by Crippen LogP contribution is -1.92. The van der Waals surface area contributed by atoms with Gasteiger partial charge in [-0.3, -0.25) is 9.98 Å². The molecule has 4 aromatic carbocycles. The first-order valence-corrected chi connectivity index (χ1v) is 12.0. The van der Waals surface area contributed by atoms with E-state index >= 15 is 0 Å². The number of aromatic hydroxyl groups is 2. The van der Waals surface area contributed by atoms with Gasteiger partial charge in [-0.2, -0.15) is 0 Å². The lowest BCUT2D eigenvalue weighted by molar-refractivity contribution is 0.469. The van der Waals surface area contributed by atoms with E-state index in [-0.39, 0.29) is 11.5 Å². The number of aliphatic imine (C=N–C) groups is 2. The molecule has 0 bridgehead atoms. The highest BCUT2D eigenvalue weighted by molar-refractivity contribution is 5.94. The van der Waals surface area contributed by atoms with E-state index in [4.69, 9.17) is 9.98 Å². The summed E-state index contributed by atoms with van der Waals surface area (Å²) in [4.78, 5) is 9.64. The Morgan fingerprint density at radius 1 is 0.528 bits per heavy atom. The zero-order valence-electron chi connectivity index (χ0n) is 21.7. The van der Waals surface area contributed by atoms with E-state index in [0.717, 1.165) is 55.9 Å². The van der Waals surface area contributed by atoms with Crippen LogP contribution >= 0.6 is 0 Å². The summed E-state index contributed by atoms with van der Waals surface area (Å²) >= 11 is 0. The molecule has 0 atom stereocenters. The topological polar surface area (TPSA) is 65.2 Å². The van der Waals surface area contributed by atoms with E-state index in [1.54, 1.807) is 12.4 Å². The predicted molar refractivity (Wildman–Crippen MR) is 151 cm³/mol. The fraction of sp³-hybridized carbons (Fsp3) is 0.188. The molecule has 0 aliphatic heterocycles. The van der Waals surface area contributed by atoms with Gasteiger partial charge in [-0.05, 0) is 99.2 Å². The largest absolute Gasteiger partial charge is 0.507 e. The van der Waals surface area contributed by atoms with Gasteiger partial charge in [0.25, 0.3) is 0 Å². The second-order valence-corrected chi connectivity index (χ2v) is 9.49. The molecule has 4 rings (SSSR count). The van der Waals surface area contributed by atoms with Crippen molar-refractivity contribution in [2.45, 2.75) is 41.5 Å². The molecule has 0 heterocycles. The second kappa shape index (κ2) is 10.2. The van der Waals surface area contributed by atoms with E-state index in [0.29, 0.717) is 11.1 Å². The Balaban J connectivity index is 1.84. The Labute approximate surface area is 213 Å². The summed E-state index contributed by atoms with van der Waals surface area (Å²) < 4.78 is 0. The Morgan fingerprint density at radius 2 is 0.917 bits per heavy atom. The molecule has 0 aliphatic carbocycles. The van der Waals surface area contributed by atoms with Crippen molar-refractivity contribution in [1.82, 2.24) is 0 Å². The Bertz CT molecular complexity index is 1400. The minimum absolute atomic E-state index is 0.244. The number of benzene rings is 4. The van der Waals surface area contributed by atoms with Crippen molar-refractivity contribution in [3.05, 3.63) is 105 Å². The monoisotopic (exact) mass is 476 g/mol. The molecule has 2 N–H and O–H groups in total. The van der Waals surface area contributed by atoms with Gasteiger partial charge in [-0.1, -0.05) is 36.4 Å². The first-order chi connectivity index (χ1) is 17.2. The number of aryl methyl sites for hydroxylation is 6. The second-order valence-electron chi connectivity index (χ2n) is 9.49. The molecule has 4 nitrogen and oxygen atoms in total. The van der Waals surface area contributed by atoms with Gasteiger partial charge in [0.15, 0.2) is 0 Å². The number of hydrogen-bond donors (Lipinski definition) is 2. The number of nitrogens with zero attached hydrogens (tertiary/aromatic N) is 2. The van der Waals surface area contributed by atoms with Crippen LogP contribution in [0, 0.1) is 41.5 Å². The van der Waals surface area contributed by atoms with Crippen LogP contribution in [0.4, 0.5) is 11.4 Å². The molecule has 0 amide bonds. The van der Waals surface area contributed by atoms with E-state index < -0.39 is 0 Å². The molecular formula is C32H32N2O2. The Morgan fingerprint density at radius 3 is 1.31 bits per heavy atom. The van der Waals surface area contributed by atoms with Crippen LogP contribution in [0.2, 0.25) is 0 Å². The van der Waals surface area contributed by atoms with Gasteiger partial charge in [-0.25, -0.2) is 0 Å². The average Bonchev–Trinajstić information content (AvgIpc) is 2.82. The summed E-state index contributed by atoms with van der Waals surface area (Å²) in [6, 6.07) is 19.8. The minimum atomic E-state index is 0.244. The molecule has 0 aromatic heterocycles. The zero-order chi connectivity index (χ0) is 26.0. The highest BCUT2D eigenvalue weighted by Crippen LogP contribution is 2.41. The normalized spacial score (nSPS) is 11.6. The van der Waals surface area contributed by atoms with E-state index in [9.17, 15) is 10.2 Å². The summed E-state index contributed by atoms with van der Waals surface area (Å²) in [7, 11) is 0. The van der Waals surface area contributed by atoms with E-state index in [1.165, 1.54) is 0 Å². The van der Waals surface area contributed by atoms with Crippen molar-refractivity contribution in [2.24, 2.45) is 9.98 Å². The average molecular weight is 477 g/mol. The summed E-state index contributed by atoms with van der Waals surface area (Å²) in [6.07, 6.45) is 3.45. The standard InChI is InChI=1S/C32H32N2O2/c1-19-13-23(5)31(35)25(15-19)17-33-27-11-7-9-21(3)29(27)30-22(4)10-8-12-28(30)34-18-26-16-20(2)14-24(6)32(26)36/h7-18,35-36H,1-6H3. The third-order valence-corrected chi connectivity index (χ3v) is 6.39. The lowest BCUT2D eigenvalue weighted by Gasteiger charge is -2.15. The van der Waals surface area contributed by atoms with Crippen molar-refractivity contribution < 1.29 is 10.2 Å². The maximum atomic E-state index is 10.5. The van der Waals surface area contributed by atoms with Crippen LogP contribution in [-0.4, -0.2) is 22.6 Å². The maximum absolute atomic E-state index is 10.5. The molecule has 0 radical (unpaired) electrons. The van der Waals surface area contributed by atoms with Gasteiger partial charge in [-0.15, -0.1) is 0 Å². The molecule has 0 aliphatic rings. The van der Waals surface area contributed by atoms with Crippen LogP contribution in [0.15, 0.2) is 70.6 Å². The van der Waals surface area contributed by atoms with Gasteiger partial charge >= 0.3 is 0 Å². The van der Waals surface area contributed by atoms with Gasteiger partial charge < -0.3 is 10.2 Å². The van der Waals surface area contributed by atoms with E-state index in [1.807, 2.05) is 76.2 Å². The Hall–Kier alpha value is -4.18. The minimum Gasteiger partial charge on any atom is -0.507 e. The predicted octanol–water partition coefficient (Wildman–Crippen LogP) is 8.12. The summed E-state index contributed by atoms with van der Waals surface area (Å²) in [5.74, 6) is 0.487. The summed E-state index contributed by atoms with van der Waals surface area (Å²) in [5.41, 5.74) is 10.9. The molecule has 4 heteroatoms. The molecule has 182 valence electrons. The molecular weight excluding hydrogens is 444 g/mol. The molecule has 0 fully saturated rings. The van der Waals surface area contributed by atoms with Gasteiger partial charge in [0.1, 0.15) is 11.5 Å². The lowest BCUT2D eigenvalue weighted by atomic mass is 9.93. The number of hydrogen-bond acceptors (Lipinski definition) is 4. The van der Waals surface area contributed by atoms with Crippen molar-refractivity contribution in [2.75, 3.05) is 0 Å². The molecule has 36 heavy (non-hydrogen) atoms. The van der Waals surface area contributed by atoms with Gasteiger partial charge in [0.2, 0.25) is 0 Å². The number of phenols is 2. The van der Waals surface area contributed by atoms with Gasteiger partial charge in [0, 0.05) is 34.7 Å². The van der Waals surface area contributed by atoms with Crippen molar-refractivity contribution >= 4 is 23.8 Å². The fourth-order valence-electron chi connectivity index (χ4n) is 4.63. The summed E-state index contributed by atoms with van der Waals surface area (Å²) in [6.45, 7) is 11.9. The van der Waals surface area contributed by atoms with Crippen molar-refractivity contribution in [3.8, 4) is 22.6 Å². The van der Waals surface area contributed by atoms with Crippen LogP contribution in [0.3, 0.4) is 0 Å². The van der Waals surface area contributed by atoms with Gasteiger partial charge in [0.05, 0.1) is 11.4 Å². The van der Waals surface area contributed by atoms with Crippen LogP contribution in [0.1, 0.15) is 44.5 Å². The SMILES string of the molecule is Cc1cc(C)c(O)c(C=Nc2cccc(C)c2-c2c(C)cccc2N=Cc2cc(C)cc(C)c2O)c1. The molecule has 4 aromatic rings. The first-order valence-electron chi connectivity index (χ1n) is 12.0. The molecule has 0 unspecified atom stereocenters. The third-order valence-electron chi connectivity index (χ3n) is 6.39. The molecule has 0 saturated heterocycles. The van der Waals surface area contributed by atoms with Crippen LogP contribution in [0.5, 0.6) is 11.5 Å². The first kappa shape index (κ1) is 24.9. The Kier molecular flexibility index (Phi) is 7.07. The van der Waals surface area contributed by atoms with E-state index in [2.05, 4.69) is 26.0 Å². The maximum Gasteiger partial charge on any atom is 0.127 e. The number of rotatable bonds is 5. The number of phenolic OH excluding ortho intramolecular Hbond substituents is 2. The van der Waals surface area contributed by atoms with Crippen molar-refractivity contribution in [1.29, 1.82) is 0 Å². The van der Waals surface area contributed by atoms with Crippen LogP contribution in [-0.2, 0) is 0 Å². The highest BCUT2D eigenvalue weighted by atomic mass is 16.3.